The second kappa shape index (κ2) is 13.1. The van der Waals surface area contributed by atoms with Gasteiger partial charge in [-0.3, -0.25) is 9.69 Å². The van der Waals surface area contributed by atoms with Crippen LogP contribution in [0.25, 0.3) is 0 Å². The fourth-order valence-electron chi connectivity index (χ4n) is 3.74. The monoisotopic (exact) mass is 445 g/mol. The highest BCUT2D eigenvalue weighted by atomic mass is 16.5. The molecule has 1 aliphatic rings. The van der Waals surface area contributed by atoms with Crippen molar-refractivity contribution in [3.63, 3.8) is 0 Å². The van der Waals surface area contributed by atoms with E-state index in [1.165, 1.54) is 0 Å². The van der Waals surface area contributed by atoms with Crippen molar-refractivity contribution >= 4 is 5.91 Å². The van der Waals surface area contributed by atoms with E-state index >= 15 is 0 Å². The molecule has 0 unspecified atom stereocenters. The maximum Gasteiger partial charge on any atom is 0.236 e. The maximum absolute atomic E-state index is 12.9. The lowest BCUT2D eigenvalue weighted by atomic mass is 10.1. The van der Waals surface area contributed by atoms with E-state index in [-0.39, 0.29) is 5.91 Å². The Morgan fingerprint density at radius 2 is 1.97 bits per heavy atom. The van der Waals surface area contributed by atoms with Crippen LogP contribution < -0.4 is 14.8 Å². The second-order valence-electron chi connectivity index (χ2n) is 7.82. The molecule has 0 radical (unpaired) electrons. The molecular formula is C24H35N3O5. The molecule has 0 aliphatic carbocycles. The van der Waals surface area contributed by atoms with Crippen LogP contribution in [0.15, 0.2) is 41.0 Å². The van der Waals surface area contributed by atoms with Crippen molar-refractivity contribution in [2.75, 3.05) is 66.7 Å². The summed E-state index contributed by atoms with van der Waals surface area (Å²) in [7, 11) is 3.24. The Kier molecular flexibility index (Phi) is 9.87. The minimum Gasteiger partial charge on any atom is -0.493 e. The van der Waals surface area contributed by atoms with Crippen LogP contribution in [-0.2, 0) is 22.5 Å². The van der Waals surface area contributed by atoms with Crippen LogP contribution >= 0.6 is 0 Å². The number of methoxy groups -OCH3 is 2. The van der Waals surface area contributed by atoms with Crippen LogP contribution in [-0.4, -0.2) is 82.4 Å². The molecule has 1 amide bonds. The van der Waals surface area contributed by atoms with Gasteiger partial charge < -0.3 is 28.8 Å². The van der Waals surface area contributed by atoms with Crippen molar-refractivity contribution < 1.29 is 23.4 Å². The smallest absolute Gasteiger partial charge is 0.236 e. The van der Waals surface area contributed by atoms with Crippen molar-refractivity contribution in [2.45, 2.75) is 19.4 Å². The summed E-state index contributed by atoms with van der Waals surface area (Å²) < 4.78 is 21.6. The number of nitrogens with zero attached hydrogens (tertiary/aromatic N) is 2. The molecule has 8 heteroatoms. The molecule has 0 spiro atoms. The Bertz CT molecular complexity index is 806. The lowest BCUT2D eigenvalue weighted by Crippen LogP contribution is -2.40. The Morgan fingerprint density at radius 1 is 1.16 bits per heavy atom. The lowest BCUT2D eigenvalue weighted by Gasteiger charge is -2.26. The topological polar surface area (TPSA) is 76.4 Å². The first-order valence-corrected chi connectivity index (χ1v) is 11.2. The Labute approximate surface area is 190 Å². The van der Waals surface area contributed by atoms with E-state index in [1.807, 2.05) is 35.2 Å². The average Bonchev–Trinajstić information content (AvgIpc) is 3.35. The number of nitrogens with one attached hydrogen (secondary N) is 1. The number of rotatable bonds is 13. The highest BCUT2D eigenvalue weighted by molar-refractivity contribution is 5.78. The van der Waals surface area contributed by atoms with Gasteiger partial charge in [0.05, 0.1) is 46.8 Å². The van der Waals surface area contributed by atoms with Crippen LogP contribution in [0.3, 0.4) is 0 Å². The zero-order valence-corrected chi connectivity index (χ0v) is 19.2. The van der Waals surface area contributed by atoms with E-state index in [9.17, 15) is 4.79 Å². The van der Waals surface area contributed by atoms with Gasteiger partial charge in [-0.25, -0.2) is 0 Å². The van der Waals surface area contributed by atoms with Gasteiger partial charge in [0.15, 0.2) is 11.5 Å². The molecule has 1 aromatic heterocycles. The molecule has 1 fully saturated rings. The molecule has 0 saturated carbocycles. The van der Waals surface area contributed by atoms with E-state index in [2.05, 4.69) is 10.2 Å². The van der Waals surface area contributed by atoms with E-state index in [0.29, 0.717) is 37.6 Å². The Morgan fingerprint density at radius 3 is 2.69 bits per heavy atom. The molecule has 1 aliphatic heterocycles. The lowest BCUT2D eigenvalue weighted by molar-refractivity contribution is -0.131. The SMILES string of the molecule is COc1ccc(CCN(Cc2ccco2)C(=O)CNCCCN2CCOCC2)cc1OC. The van der Waals surface area contributed by atoms with Crippen LogP contribution in [0, 0.1) is 0 Å². The fraction of sp³-hybridized carbons (Fsp3) is 0.542. The van der Waals surface area contributed by atoms with E-state index in [4.69, 9.17) is 18.6 Å². The first-order valence-electron chi connectivity index (χ1n) is 11.2. The maximum atomic E-state index is 12.9. The van der Waals surface area contributed by atoms with Crippen molar-refractivity contribution in [2.24, 2.45) is 0 Å². The molecule has 2 aromatic rings. The van der Waals surface area contributed by atoms with Gasteiger partial charge in [-0.15, -0.1) is 0 Å². The third kappa shape index (κ3) is 7.55. The zero-order chi connectivity index (χ0) is 22.6. The Hall–Kier alpha value is -2.55. The molecule has 1 aromatic carbocycles. The minimum atomic E-state index is 0.0632. The van der Waals surface area contributed by atoms with Gasteiger partial charge in [-0.2, -0.15) is 0 Å². The number of carbonyl (C=O) groups is 1. The number of furan rings is 1. The predicted molar refractivity (Wildman–Crippen MR) is 122 cm³/mol. The van der Waals surface area contributed by atoms with Crippen molar-refractivity contribution in [3.05, 3.63) is 47.9 Å². The molecule has 0 bridgehead atoms. The quantitative estimate of drug-likeness (QED) is 0.474. The number of amides is 1. The van der Waals surface area contributed by atoms with Gasteiger partial charge >= 0.3 is 0 Å². The number of benzene rings is 1. The molecule has 2 heterocycles. The molecule has 176 valence electrons. The Balaban J connectivity index is 1.48. The van der Waals surface area contributed by atoms with E-state index < -0.39 is 0 Å². The molecule has 3 rings (SSSR count). The molecule has 0 atom stereocenters. The summed E-state index contributed by atoms with van der Waals surface area (Å²) in [5.74, 6) is 2.23. The van der Waals surface area contributed by atoms with Gasteiger partial charge in [0.1, 0.15) is 5.76 Å². The molecular weight excluding hydrogens is 410 g/mol. The average molecular weight is 446 g/mol. The first-order chi connectivity index (χ1) is 15.7. The summed E-state index contributed by atoms with van der Waals surface area (Å²) in [6.07, 6.45) is 3.36. The first kappa shape index (κ1) is 24.1. The third-order valence-corrected chi connectivity index (χ3v) is 5.61. The van der Waals surface area contributed by atoms with Gasteiger partial charge in [0.2, 0.25) is 5.91 Å². The molecule has 32 heavy (non-hydrogen) atoms. The van der Waals surface area contributed by atoms with Crippen LogP contribution in [0.1, 0.15) is 17.7 Å². The molecule has 1 saturated heterocycles. The number of ether oxygens (including phenoxy) is 3. The molecule has 1 N–H and O–H groups in total. The van der Waals surface area contributed by atoms with E-state index in [1.54, 1.807) is 20.5 Å². The van der Waals surface area contributed by atoms with Gasteiger partial charge in [-0.1, -0.05) is 6.07 Å². The number of carbonyl (C=O) groups excluding carboxylic acids is 1. The summed E-state index contributed by atoms with van der Waals surface area (Å²) in [6.45, 7) is 6.81. The molecule has 8 nitrogen and oxygen atoms in total. The normalized spacial score (nSPS) is 14.3. The van der Waals surface area contributed by atoms with Gasteiger partial charge in [0.25, 0.3) is 0 Å². The van der Waals surface area contributed by atoms with E-state index in [0.717, 1.165) is 57.1 Å². The summed E-state index contributed by atoms with van der Waals surface area (Å²) in [5.41, 5.74) is 1.08. The fourth-order valence-corrected chi connectivity index (χ4v) is 3.74. The highest BCUT2D eigenvalue weighted by Gasteiger charge is 2.16. The largest absolute Gasteiger partial charge is 0.493 e. The zero-order valence-electron chi connectivity index (χ0n) is 19.2. The summed E-state index contributed by atoms with van der Waals surface area (Å²) in [6, 6.07) is 9.59. The third-order valence-electron chi connectivity index (χ3n) is 5.61. The number of hydrogen-bond acceptors (Lipinski definition) is 7. The summed E-state index contributed by atoms with van der Waals surface area (Å²) >= 11 is 0. The van der Waals surface area contributed by atoms with Crippen LogP contribution in [0.2, 0.25) is 0 Å². The predicted octanol–water partition coefficient (Wildman–Crippen LogP) is 2.18. The number of morpholine rings is 1. The summed E-state index contributed by atoms with van der Waals surface area (Å²) in [5, 5.41) is 3.30. The van der Waals surface area contributed by atoms with Gasteiger partial charge in [0, 0.05) is 19.6 Å². The highest BCUT2D eigenvalue weighted by Crippen LogP contribution is 2.27. The van der Waals surface area contributed by atoms with Gasteiger partial charge in [-0.05, 0) is 55.8 Å². The van der Waals surface area contributed by atoms with Crippen LogP contribution in [0.5, 0.6) is 11.5 Å². The van der Waals surface area contributed by atoms with Crippen molar-refractivity contribution in [1.82, 2.24) is 15.1 Å². The summed E-state index contributed by atoms with van der Waals surface area (Å²) in [4.78, 5) is 17.2. The van der Waals surface area contributed by atoms with Crippen molar-refractivity contribution in [3.8, 4) is 11.5 Å². The van der Waals surface area contributed by atoms with Crippen molar-refractivity contribution in [1.29, 1.82) is 0 Å². The number of hydrogen-bond donors (Lipinski definition) is 1. The minimum absolute atomic E-state index is 0.0632. The second-order valence-corrected chi connectivity index (χ2v) is 7.82. The van der Waals surface area contributed by atoms with Crippen LogP contribution in [0.4, 0.5) is 0 Å². The standard InChI is InChI=1S/C24H35N3O5/c1-29-22-7-6-20(17-23(22)30-2)8-11-27(19-21-5-3-14-32-21)24(28)18-25-9-4-10-26-12-15-31-16-13-26/h3,5-7,14,17,25H,4,8-13,15-16,18-19H2,1-2H3.